The molecule has 1 amide bonds. The van der Waals surface area contributed by atoms with Crippen LogP contribution in [-0.2, 0) is 11.3 Å². The van der Waals surface area contributed by atoms with Crippen molar-refractivity contribution in [2.24, 2.45) is 5.92 Å². The fraction of sp³-hybridized carbons (Fsp3) is 0.542. The number of rotatable bonds is 8. The molecule has 0 aromatic carbocycles. The number of nitrogens with zero attached hydrogens (tertiary/aromatic N) is 7. The van der Waals surface area contributed by atoms with Crippen molar-refractivity contribution in [2.45, 2.75) is 53.1 Å². The van der Waals surface area contributed by atoms with Gasteiger partial charge in [0.2, 0.25) is 11.9 Å². The third kappa shape index (κ3) is 4.91. The first-order chi connectivity index (χ1) is 16.0. The molecule has 0 spiro atoms. The number of anilines is 2. The highest BCUT2D eigenvalue weighted by Crippen LogP contribution is 2.28. The number of aromatic nitrogens is 5. The number of carbonyl (C=O) groups excluding carboxylic acids is 1. The zero-order valence-corrected chi connectivity index (χ0v) is 20.0. The summed E-state index contributed by atoms with van der Waals surface area (Å²) in [5.41, 5.74) is 2.63. The van der Waals surface area contributed by atoms with Crippen LogP contribution in [0.25, 0.3) is 11.2 Å². The van der Waals surface area contributed by atoms with Crippen molar-refractivity contribution in [2.75, 3.05) is 36.4 Å². The summed E-state index contributed by atoms with van der Waals surface area (Å²) < 4.78 is 2.07. The van der Waals surface area contributed by atoms with Crippen LogP contribution in [0.3, 0.4) is 0 Å². The van der Waals surface area contributed by atoms with Crippen LogP contribution in [0.15, 0.2) is 30.9 Å². The molecule has 1 aliphatic rings. The lowest BCUT2D eigenvalue weighted by Gasteiger charge is -2.34. The number of fused-ring (bicyclic) bond motifs is 1. The third-order valence-electron chi connectivity index (χ3n) is 6.28. The van der Waals surface area contributed by atoms with Crippen LogP contribution >= 0.6 is 0 Å². The normalized spacial score (nSPS) is 16.4. The maximum absolute atomic E-state index is 13.0. The maximum Gasteiger partial charge on any atom is 0.229 e. The van der Waals surface area contributed by atoms with Crippen LogP contribution in [-0.4, -0.2) is 61.5 Å². The number of pyridine rings is 1. The largest absolute Gasteiger partial charge is 0.364 e. The molecule has 3 aromatic heterocycles. The predicted octanol–water partition coefficient (Wildman–Crippen LogP) is 3.50. The minimum atomic E-state index is -0.0280. The van der Waals surface area contributed by atoms with Gasteiger partial charge in [0.25, 0.3) is 0 Å². The average molecular weight is 451 g/mol. The summed E-state index contributed by atoms with van der Waals surface area (Å²) in [5.74, 6) is 1.55. The van der Waals surface area contributed by atoms with E-state index < -0.39 is 0 Å². The zero-order chi connectivity index (χ0) is 23.4. The van der Waals surface area contributed by atoms with E-state index >= 15 is 0 Å². The zero-order valence-electron chi connectivity index (χ0n) is 20.0. The Labute approximate surface area is 195 Å². The number of amides is 1. The van der Waals surface area contributed by atoms with Crippen LogP contribution in [0.1, 0.15) is 52.1 Å². The van der Waals surface area contributed by atoms with Crippen LogP contribution in [0.5, 0.6) is 0 Å². The van der Waals surface area contributed by atoms with Gasteiger partial charge in [-0.25, -0.2) is 4.98 Å². The summed E-state index contributed by atoms with van der Waals surface area (Å²) in [6.45, 7) is 11.9. The molecule has 3 aromatic rings. The molecule has 176 valence electrons. The standard InChI is InChI=1S/C24H34N8O/c1-5-30(6-2)23(33)19-10-8-12-31(15-19)24-28-21(26-14-18-9-7-11-25-13-18)20-22(29-24)32(16-27-20)17(3)4/h7,9,11,13,16-17,19H,5-6,8,10,12,14-15H2,1-4H3,(H,26,28,29). The van der Waals surface area contributed by atoms with Crippen LogP contribution in [0.2, 0.25) is 0 Å². The monoisotopic (exact) mass is 450 g/mol. The lowest BCUT2D eigenvalue weighted by Crippen LogP contribution is -2.45. The van der Waals surface area contributed by atoms with Crippen LogP contribution in [0.4, 0.5) is 11.8 Å². The van der Waals surface area contributed by atoms with E-state index in [9.17, 15) is 4.79 Å². The topological polar surface area (TPSA) is 92.1 Å². The third-order valence-corrected chi connectivity index (χ3v) is 6.28. The van der Waals surface area contributed by atoms with E-state index in [-0.39, 0.29) is 17.9 Å². The predicted molar refractivity (Wildman–Crippen MR) is 130 cm³/mol. The number of hydrogen-bond donors (Lipinski definition) is 1. The first-order valence-electron chi connectivity index (χ1n) is 11.9. The molecule has 1 atom stereocenters. The second kappa shape index (κ2) is 10.1. The van der Waals surface area contributed by atoms with E-state index in [1.54, 1.807) is 6.20 Å². The molecule has 1 saturated heterocycles. The molecule has 1 aliphatic heterocycles. The Morgan fingerprint density at radius 1 is 1.27 bits per heavy atom. The Morgan fingerprint density at radius 3 is 2.79 bits per heavy atom. The fourth-order valence-corrected chi connectivity index (χ4v) is 4.39. The molecule has 0 aliphatic carbocycles. The van der Waals surface area contributed by atoms with Crippen molar-refractivity contribution in [1.29, 1.82) is 0 Å². The second-order valence-corrected chi connectivity index (χ2v) is 8.80. The molecule has 0 saturated carbocycles. The van der Waals surface area contributed by atoms with Gasteiger partial charge in [-0.15, -0.1) is 0 Å². The van der Waals surface area contributed by atoms with E-state index in [1.807, 2.05) is 43.4 Å². The van der Waals surface area contributed by atoms with E-state index in [4.69, 9.17) is 9.97 Å². The van der Waals surface area contributed by atoms with Gasteiger partial charge in [-0.3, -0.25) is 9.78 Å². The second-order valence-electron chi connectivity index (χ2n) is 8.80. The van der Waals surface area contributed by atoms with E-state index in [1.165, 1.54) is 0 Å². The first-order valence-corrected chi connectivity index (χ1v) is 11.9. The minimum Gasteiger partial charge on any atom is -0.364 e. The van der Waals surface area contributed by atoms with Crippen molar-refractivity contribution in [3.05, 3.63) is 36.4 Å². The number of piperidine rings is 1. The summed E-state index contributed by atoms with van der Waals surface area (Å²) in [5, 5.41) is 3.44. The summed E-state index contributed by atoms with van der Waals surface area (Å²) in [7, 11) is 0. The summed E-state index contributed by atoms with van der Waals surface area (Å²) in [4.78, 5) is 35.7. The fourth-order valence-electron chi connectivity index (χ4n) is 4.39. The Morgan fingerprint density at radius 2 is 2.09 bits per heavy atom. The van der Waals surface area contributed by atoms with Crippen LogP contribution < -0.4 is 10.2 Å². The SMILES string of the molecule is CCN(CC)C(=O)C1CCCN(c2nc(NCc3cccnc3)c3ncn(C(C)C)c3n2)C1. The van der Waals surface area contributed by atoms with Gasteiger partial charge in [-0.2, -0.15) is 9.97 Å². The van der Waals surface area contributed by atoms with Gasteiger partial charge in [0, 0.05) is 51.2 Å². The Hall–Kier alpha value is -3.23. The molecular weight excluding hydrogens is 416 g/mol. The molecule has 33 heavy (non-hydrogen) atoms. The van der Waals surface area contributed by atoms with Gasteiger partial charge in [0.1, 0.15) is 0 Å². The van der Waals surface area contributed by atoms with Gasteiger partial charge in [-0.1, -0.05) is 6.07 Å². The summed E-state index contributed by atoms with van der Waals surface area (Å²) in [6.07, 6.45) is 7.28. The van der Waals surface area contributed by atoms with Gasteiger partial charge < -0.3 is 19.7 Å². The molecule has 1 N–H and O–H groups in total. The number of carbonyl (C=O) groups is 1. The molecular formula is C24H34N8O. The molecule has 0 bridgehead atoms. The van der Waals surface area contributed by atoms with Gasteiger partial charge in [0.15, 0.2) is 17.0 Å². The summed E-state index contributed by atoms with van der Waals surface area (Å²) >= 11 is 0. The highest BCUT2D eigenvalue weighted by Gasteiger charge is 2.30. The van der Waals surface area contributed by atoms with E-state index in [0.29, 0.717) is 24.9 Å². The summed E-state index contributed by atoms with van der Waals surface area (Å²) in [6, 6.07) is 4.18. The minimum absolute atomic E-state index is 0.0280. The van der Waals surface area contributed by atoms with Gasteiger partial charge in [-0.05, 0) is 52.2 Å². The highest BCUT2D eigenvalue weighted by molar-refractivity contribution is 5.85. The molecule has 9 heteroatoms. The van der Waals surface area contributed by atoms with Gasteiger partial charge in [0.05, 0.1) is 12.2 Å². The molecule has 1 unspecified atom stereocenters. The molecule has 0 radical (unpaired) electrons. The number of hydrogen-bond acceptors (Lipinski definition) is 7. The van der Waals surface area contributed by atoms with Gasteiger partial charge >= 0.3 is 0 Å². The van der Waals surface area contributed by atoms with E-state index in [2.05, 4.69) is 38.6 Å². The van der Waals surface area contributed by atoms with Crippen molar-refractivity contribution < 1.29 is 4.79 Å². The lowest BCUT2D eigenvalue weighted by atomic mass is 9.96. The Bertz CT molecular complexity index is 1080. The van der Waals surface area contributed by atoms with Crippen molar-refractivity contribution in [1.82, 2.24) is 29.4 Å². The van der Waals surface area contributed by atoms with Crippen molar-refractivity contribution in [3.8, 4) is 0 Å². The smallest absolute Gasteiger partial charge is 0.229 e. The molecule has 4 rings (SSSR count). The number of imidazole rings is 1. The first kappa shape index (κ1) is 22.9. The Kier molecular flexibility index (Phi) is 7.05. The van der Waals surface area contributed by atoms with Crippen molar-refractivity contribution >= 4 is 28.8 Å². The van der Waals surface area contributed by atoms with Crippen molar-refractivity contribution in [3.63, 3.8) is 0 Å². The molecule has 4 heterocycles. The molecule has 1 fully saturated rings. The lowest BCUT2D eigenvalue weighted by molar-refractivity contribution is -0.135. The maximum atomic E-state index is 13.0. The van der Waals surface area contributed by atoms with Crippen LogP contribution in [0, 0.1) is 5.92 Å². The number of nitrogens with one attached hydrogen (secondary N) is 1. The average Bonchev–Trinajstić information content (AvgIpc) is 3.28. The Balaban J connectivity index is 1.65. The quantitative estimate of drug-likeness (QED) is 0.561. The highest BCUT2D eigenvalue weighted by atomic mass is 16.2. The van der Waals surface area contributed by atoms with E-state index in [0.717, 1.165) is 49.2 Å². The molecule has 9 nitrogen and oxygen atoms in total.